The maximum atomic E-state index is 12.1. The minimum Gasteiger partial charge on any atom is -0.317 e. The van der Waals surface area contributed by atoms with Crippen LogP contribution in [-0.4, -0.2) is 31.7 Å². The number of nitrogens with zero attached hydrogens (tertiary/aromatic N) is 1. The molecule has 0 aliphatic carbocycles. The van der Waals surface area contributed by atoms with Gasteiger partial charge in [0.25, 0.3) is 0 Å². The molecule has 88 valence electrons. The van der Waals surface area contributed by atoms with Crippen LogP contribution in [0.1, 0.15) is 18.5 Å². The van der Waals surface area contributed by atoms with Crippen LogP contribution in [-0.2, 0) is 15.6 Å². The third-order valence-electron chi connectivity index (χ3n) is 2.87. The van der Waals surface area contributed by atoms with Crippen LogP contribution in [0, 0.1) is 0 Å². The molecular weight excluding hydrogens is 224 g/mol. The summed E-state index contributed by atoms with van der Waals surface area (Å²) >= 11 is 0. The highest BCUT2D eigenvalue weighted by Crippen LogP contribution is 2.17. The van der Waals surface area contributed by atoms with Gasteiger partial charge in [0.05, 0.1) is 16.7 Å². The highest BCUT2D eigenvalue weighted by Gasteiger charge is 2.27. The van der Waals surface area contributed by atoms with Gasteiger partial charge in [-0.1, -0.05) is 6.07 Å². The van der Waals surface area contributed by atoms with E-state index in [1.807, 2.05) is 6.07 Å². The van der Waals surface area contributed by atoms with Gasteiger partial charge in [-0.25, -0.2) is 8.42 Å². The van der Waals surface area contributed by atoms with E-state index in [-0.39, 0.29) is 11.0 Å². The Morgan fingerprint density at radius 2 is 2.06 bits per heavy atom. The fourth-order valence-corrected chi connectivity index (χ4v) is 3.73. The molecule has 16 heavy (non-hydrogen) atoms. The molecule has 0 bridgehead atoms. The lowest BCUT2D eigenvalue weighted by Gasteiger charge is -2.22. The molecule has 4 nitrogen and oxygen atoms in total. The number of rotatable bonds is 3. The van der Waals surface area contributed by atoms with Gasteiger partial charge in [-0.3, -0.25) is 4.98 Å². The zero-order valence-corrected chi connectivity index (χ0v) is 9.91. The highest BCUT2D eigenvalue weighted by atomic mass is 32.2. The van der Waals surface area contributed by atoms with Crippen molar-refractivity contribution in [1.82, 2.24) is 10.3 Å². The second-order valence-corrected chi connectivity index (χ2v) is 6.36. The standard InChI is InChI=1S/C11H16N2O2S/c14-16(15,11-4-7-12-8-5-11)9-10-3-1-2-6-13-10/h1-3,6,11-12H,4-5,7-9H2. The molecule has 1 aromatic heterocycles. The van der Waals surface area contributed by atoms with Gasteiger partial charge in [-0.2, -0.15) is 0 Å². The van der Waals surface area contributed by atoms with E-state index in [9.17, 15) is 8.42 Å². The van der Waals surface area contributed by atoms with E-state index in [0.717, 1.165) is 25.9 Å². The third kappa shape index (κ3) is 2.80. The lowest BCUT2D eigenvalue weighted by molar-refractivity contribution is 0.495. The van der Waals surface area contributed by atoms with Crippen LogP contribution < -0.4 is 5.32 Å². The van der Waals surface area contributed by atoms with Crippen molar-refractivity contribution in [3.8, 4) is 0 Å². The quantitative estimate of drug-likeness (QED) is 0.847. The minimum atomic E-state index is -3.04. The van der Waals surface area contributed by atoms with Crippen LogP contribution >= 0.6 is 0 Å². The van der Waals surface area contributed by atoms with Crippen molar-refractivity contribution < 1.29 is 8.42 Å². The van der Waals surface area contributed by atoms with Crippen molar-refractivity contribution >= 4 is 9.84 Å². The van der Waals surface area contributed by atoms with Crippen molar-refractivity contribution in [2.24, 2.45) is 0 Å². The summed E-state index contributed by atoms with van der Waals surface area (Å²) in [5.74, 6) is 0.0680. The number of nitrogens with one attached hydrogen (secondary N) is 1. The third-order valence-corrected chi connectivity index (χ3v) is 5.05. The predicted molar refractivity (Wildman–Crippen MR) is 62.8 cm³/mol. The summed E-state index contributed by atoms with van der Waals surface area (Å²) in [5.41, 5.74) is 0.640. The second kappa shape index (κ2) is 4.93. The van der Waals surface area contributed by atoms with Crippen LogP contribution in [0.15, 0.2) is 24.4 Å². The Morgan fingerprint density at radius 3 is 2.69 bits per heavy atom. The van der Waals surface area contributed by atoms with Crippen LogP contribution in [0.4, 0.5) is 0 Å². The molecule has 1 aliphatic rings. The Bertz CT molecular complexity index is 425. The Hall–Kier alpha value is -0.940. The van der Waals surface area contributed by atoms with E-state index in [1.54, 1.807) is 18.3 Å². The van der Waals surface area contributed by atoms with Crippen molar-refractivity contribution in [2.45, 2.75) is 23.8 Å². The second-order valence-electron chi connectivity index (χ2n) is 4.08. The van der Waals surface area contributed by atoms with Gasteiger partial charge < -0.3 is 5.32 Å². The van der Waals surface area contributed by atoms with Gasteiger partial charge in [0.2, 0.25) is 0 Å². The first-order chi connectivity index (χ1) is 7.68. The predicted octanol–water partition coefficient (Wildman–Crippen LogP) is 0.748. The number of sulfone groups is 1. The van der Waals surface area contributed by atoms with Crippen LogP contribution in [0.25, 0.3) is 0 Å². The molecule has 5 heteroatoms. The summed E-state index contributed by atoms with van der Waals surface area (Å²) in [7, 11) is -3.04. The number of hydrogen-bond acceptors (Lipinski definition) is 4. The molecule has 0 saturated carbocycles. The zero-order chi connectivity index (χ0) is 11.4. The minimum absolute atomic E-state index is 0.0680. The van der Waals surface area contributed by atoms with Crippen LogP contribution in [0.3, 0.4) is 0 Å². The molecule has 1 N–H and O–H groups in total. The van der Waals surface area contributed by atoms with E-state index >= 15 is 0 Å². The van der Waals surface area contributed by atoms with Crippen LogP contribution in [0.2, 0.25) is 0 Å². The average molecular weight is 240 g/mol. The van der Waals surface area contributed by atoms with Crippen molar-refractivity contribution in [1.29, 1.82) is 0 Å². The number of pyridine rings is 1. The van der Waals surface area contributed by atoms with Gasteiger partial charge in [0.1, 0.15) is 0 Å². The topological polar surface area (TPSA) is 59.1 Å². The molecule has 2 heterocycles. The Labute approximate surface area is 96.0 Å². The lowest BCUT2D eigenvalue weighted by atomic mass is 10.2. The molecule has 1 aromatic rings. The molecule has 0 amide bonds. The molecule has 0 unspecified atom stereocenters. The molecule has 0 spiro atoms. The summed E-state index contributed by atoms with van der Waals surface area (Å²) in [6.45, 7) is 1.60. The largest absolute Gasteiger partial charge is 0.317 e. The lowest BCUT2D eigenvalue weighted by Crippen LogP contribution is -2.36. The molecule has 1 saturated heterocycles. The summed E-state index contributed by atoms with van der Waals surface area (Å²) in [4.78, 5) is 4.06. The first-order valence-corrected chi connectivity index (χ1v) is 7.22. The normalized spacial score (nSPS) is 18.5. The maximum Gasteiger partial charge on any atom is 0.158 e. The van der Waals surface area contributed by atoms with Crippen molar-refractivity contribution in [2.75, 3.05) is 13.1 Å². The molecule has 1 fully saturated rings. The smallest absolute Gasteiger partial charge is 0.158 e. The molecule has 0 aromatic carbocycles. The molecule has 2 rings (SSSR count). The molecule has 1 aliphatic heterocycles. The summed E-state index contributed by atoms with van der Waals surface area (Å²) in [6, 6.07) is 5.37. The fraction of sp³-hybridized carbons (Fsp3) is 0.545. The summed E-state index contributed by atoms with van der Waals surface area (Å²) in [6.07, 6.45) is 3.07. The highest BCUT2D eigenvalue weighted by molar-refractivity contribution is 7.91. The van der Waals surface area contributed by atoms with E-state index in [1.165, 1.54) is 0 Å². The zero-order valence-electron chi connectivity index (χ0n) is 9.09. The van der Waals surface area contributed by atoms with E-state index < -0.39 is 9.84 Å². The van der Waals surface area contributed by atoms with Gasteiger partial charge in [0.15, 0.2) is 9.84 Å². The first-order valence-electron chi connectivity index (χ1n) is 5.51. The van der Waals surface area contributed by atoms with Crippen molar-refractivity contribution in [3.63, 3.8) is 0 Å². The van der Waals surface area contributed by atoms with Crippen molar-refractivity contribution in [3.05, 3.63) is 30.1 Å². The Balaban J connectivity index is 2.08. The number of aromatic nitrogens is 1. The average Bonchev–Trinajstić information content (AvgIpc) is 2.31. The van der Waals surface area contributed by atoms with Gasteiger partial charge in [-0.05, 0) is 38.1 Å². The SMILES string of the molecule is O=S(=O)(Cc1ccccn1)C1CCNCC1. The number of piperidine rings is 1. The first kappa shape index (κ1) is 11.5. The molecule has 0 radical (unpaired) electrons. The van der Waals surface area contributed by atoms with Gasteiger partial charge in [0, 0.05) is 6.20 Å². The Kier molecular flexibility index (Phi) is 3.56. The van der Waals surface area contributed by atoms with E-state index in [4.69, 9.17) is 0 Å². The van der Waals surface area contributed by atoms with E-state index in [0.29, 0.717) is 5.69 Å². The maximum absolute atomic E-state index is 12.1. The van der Waals surface area contributed by atoms with Crippen LogP contribution in [0.5, 0.6) is 0 Å². The summed E-state index contributed by atoms with van der Waals surface area (Å²) < 4.78 is 24.2. The molecular formula is C11H16N2O2S. The number of hydrogen-bond donors (Lipinski definition) is 1. The Morgan fingerprint density at radius 1 is 1.31 bits per heavy atom. The summed E-state index contributed by atoms with van der Waals surface area (Å²) in [5, 5.41) is 2.97. The molecule has 0 atom stereocenters. The fourth-order valence-electron chi connectivity index (χ4n) is 1.96. The monoisotopic (exact) mass is 240 g/mol. The van der Waals surface area contributed by atoms with Gasteiger partial charge >= 0.3 is 0 Å². The van der Waals surface area contributed by atoms with Gasteiger partial charge in [-0.15, -0.1) is 0 Å². The van der Waals surface area contributed by atoms with E-state index in [2.05, 4.69) is 10.3 Å².